The molecule has 2 N–H and O–H groups in total. The fourth-order valence-corrected chi connectivity index (χ4v) is 4.22. The lowest BCUT2D eigenvalue weighted by Gasteiger charge is -2.29. The first-order chi connectivity index (χ1) is 13.0. The molecule has 0 saturated carbocycles. The molecule has 1 unspecified atom stereocenters. The van der Waals surface area contributed by atoms with Gasteiger partial charge in [-0.15, -0.1) is 10.2 Å². The molecule has 0 spiro atoms. The van der Waals surface area contributed by atoms with Crippen LogP contribution in [0.3, 0.4) is 0 Å². The van der Waals surface area contributed by atoms with Crippen LogP contribution in [0.4, 0.5) is 4.79 Å². The van der Waals surface area contributed by atoms with E-state index in [1.807, 2.05) is 19.1 Å². The highest BCUT2D eigenvalue weighted by molar-refractivity contribution is 6.30. The van der Waals surface area contributed by atoms with Gasteiger partial charge in [-0.25, -0.2) is 4.79 Å². The van der Waals surface area contributed by atoms with Gasteiger partial charge in [0.2, 0.25) is 0 Å². The number of hydrogen-bond acceptors (Lipinski definition) is 4. The number of fused-ring (bicyclic) bond motifs is 1. The second-order valence-electron chi connectivity index (χ2n) is 7.41. The normalized spacial score (nSPS) is 24.7. The first kappa shape index (κ1) is 18.3. The average Bonchev–Trinajstić information content (AvgIpc) is 3.23. The van der Waals surface area contributed by atoms with Crippen LogP contribution in [0, 0.1) is 12.8 Å². The van der Waals surface area contributed by atoms with Gasteiger partial charge in [-0.1, -0.05) is 23.7 Å². The molecule has 0 bridgehead atoms. The zero-order valence-electron chi connectivity index (χ0n) is 15.3. The highest BCUT2D eigenvalue weighted by atomic mass is 35.5. The standard InChI is InChI=1S/C19H24ClN5O2/c1-12-22-23-17-7-2-13(11-25(12)17)10-21-19(27)24-9-8-16(26)18(24)14-3-5-15(20)6-4-14/h3-6,13,16,18,26H,2,7-11H2,1H3,(H,21,27)/t13?,16-,18-/m1/s1. The highest BCUT2D eigenvalue weighted by Crippen LogP contribution is 2.33. The van der Waals surface area contributed by atoms with Crippen LogP contribution in [-0.4, -0.2) is 50.0 Å². The van der Waals surface area contributed by atoms with Crippen molar-refractivity contribution < 1.29 is 9.90 Å². The Morgan fingerprint density at radius 3 is 2.85 bits per heavy atom. The molecule has 3 atom stereocenters. The van der Waals surface area contributed by atoms with E-state index in [9.17, 15) is 9.90 Å². The summed E-state index contributed by atoms with van der Waals surface area (Å²) in [5, 5.41) is 22.4. The predicted octanol–water partition coefficient (Wildman–Crippen LogP) is 2.32. The van der Waals surface area contributed by atoms with Gasteiger partial charge in [0, 0.05) is 31.1 Å². The molecular weight excluding hydrogens is 366 g/mol. The minimum absolute atomic E-state index is 0.127. The number of aryl methyl sites for hydroxylation is 2. The van der Waals surface area contributed by atoms with E-state index in [1.54, 1.807) is 17.0 Å². The van der Waals surface area contributed by atoms with Crippen LogP contribution in [0.15, 0.2) is 24.3 Å². The van der Waals surface area contributed by atoms with Gasteiger partial charge in [0.05, 0.1) is 12.1 Å². The minimum atomic E-state index is -0.561. The third-order valence-corrected chi connectivity index (χ3v) is 5.86. The van der Waals surface area contributed by atoms with Crippen molar-refractivity contribution in [2.45, 2.75) is 44.9 Å². The lowest BCUT2D eigenvalue weighted by Crippen LogP contribution is -2.43. The van der Waals surface area contributed by atoms with Gasteiger partial charge in [-0.3, -0.25) is 0 Å². The zero-order chi connectivity index (χ0) is 19.0. The van der Waals surface area contributed by atoms with Crippen molar-refractivity contribution in [3.8, 4) is 0 Å². The summed E-state index contributed by atoms with van der Waals surface area (Å²) in [6.45, 7) is 3.94. The number of urea groups is 1. The van der Waals surface area contributed by atoms with Crippen LogP contribution < -0.4 is 5.32 Å². The number of nitrogens with one attached hydrogen (secondary N) is 1. The number of likely N-dealkylation sites (tertiary alicyclic amines) is 1. The van der Waals surface area contributed by atoms with Gasteiger partial charge < -0.3 is 19.9 Å². The maximum atomic E-state index is 12.8. The number of carbonyl (C=O) groups is 1. The molecule has 27 heavy (non-hydrogen) atoms. The Labute approximate surface area is 163 Å². The lowest BCUT2D eigenvalue weighted by atomic mass is 9.99. The average molecular weight is 390 g/mol. The highest BCUT2D eigenvalue weighted by Gasteiger charge is 2.37. The van der Waals surface area contributed by atoms with Crippen molar-refractivity contribution in [3.05, 3.63) is 46.5 Å². The fourth-order valence-electron chi connectivity index (χ4n) is 4.10. The summed E-state index contributed by atoms with van der Waals surface area (Å²) in [6, 6.07) is 6.87. The first-order valence-electron chi connectivity index (χ1n) is 9.39. The quantitative estimate of drug-likeness (QED) is 0.843. The first-order valence-corrected chi connectivity index (χ1v) is 9.77. The molecule has 1 aromatic heterocycles. The van der Waals surface area contributed by atoms with Gasteiger partial charge in [0.1, 0.15) is 11.6 Å². The van der Waals surface area contributed by atoms with Gasteiger partial charge in [0.15, 0.2) is 0 Å². The number of amides is 2. The second-order valence-corrected chi connectivity index (χ2v) is 7.85. The summed E-state index contributed by atoms with van der Waals surface area (Å²) in [6.07, 6.45) is 1.89. The molecular formula is C19H24ClN5O2. The van der Waals surface area contributed by atoms with Crippen molar-refractivity contribution in [2.24, 2.45) is 5.92 Å². The van der Waals surface area contributed by atoms with E-state index in [4.69, 9.17) is 11.6 Å². The summed E-state index contributed by atoms with van der Waals surface area (Å²) in [7, 11) is 0. The number of aliphatic hydroxyl groups excluding tert-OH is 1. The number of aromatic nitrogens is 3. The van der Waals surface area contributed by atoms with Crippen LogP contribution in [0.1, 0.15) is 36.1 Å². The van der Waals surface area contributed by atoms with Crippen molar-refractivity contribution in [3.63, 3.8) is 0 Å². The van der Waals surface area contributed by atoms with Gasteiger partial charge >= 0.3 is 6.03 Å². The van der Waals surface area contributed by atoms with Gasteiger partial charge in [-0.05, 0) is 43.4 Å². The number of carbonyl (C=O) groups excluding carboxylic acids is 1. The zero-order valence-corrected chi connectivity index (χ0v) is 16.1. The third-order valence-electron chi connectivity index (χ3n) is 5.61. The fraction of sp³-hybridized carbons (Fsp3) is 0.526. The molecule has 3 heterocycles. The smallest absolute Gasteiger partial charge is 0.318 e. The molecule has 4 rings (SSSR count). The van der Waals surface area contributed by atoms with Crippen LogP contribution in [-0.2, 0) is 13.0 Å². The van der Waals surface area contributed by atoms with Crippen LogP contribution in [0.2, 0.25) is 5.02 Å². The molecule has 2 aromatic rings. The maximum Gasteiger partial charge on any atom is 0.318 e. The van der Waals surface area contributed by atoms with Crippen molar-refractivity contribution in [1.29, 1.82) is 0 Å². The Hall–Kier alpha value is -2.12. The van der Waals surface area contributed by atoms with E-state index in [1.165, 1.54) is 0 Å². The molecule has 144 valence electrons. The van der Waals surface area contributed by atoms with E-state index in [0.29, 0.717) is 30.5 Å². The molecule has 2 aliphatic rings. The number of halogens is 1. The Balaban J connectivity index is 1.39. The summed E-state index contributed by atoms with van der Waals surface area (Å²) in [5.41, 5.74) is 0.905. The van der Waals surface area contributed by atoms with Crippen molar-refractivity contribution in [2.75, 3.05) is 13.1 Å². The van der Waals surface area contributed by atoms with Crippen molar-refractivity contribution in [1.82, 2.24) is 25.0 Å². The van der Waals surface area contributed by atoms with E-state index in [2.05, 4.69) is 20.1 Å². The van der Waals surface area contributed by atoms with Crippen LogP contribution >= 0.6 is 11.6 Å². The summed E-state index contributed by atoms with van der Waals surface area (Å²) >= 11 is 5.96. The van der Waals surface area contributed by atoms with Crippen LogP contribution in [0.25, 0.3) is 0 Å². The number of aliphatic hydroxyl groups is 1. The molecule has 0 radical (unpaired) electrons. The number of rotatable bonds is 3. The SMILES string of the molecule is Cc1nnc2n1CC(CNC(=O)N1CC[C@@H](O)[C@H]1c1ccc(Cl)cc1)CC2. The summed E-state index contributed by atoms with van der Waals surface area (Å²) < 4.78 is 2.14. The molecule has 0 aliphatic carbocycles. The largest absolute Gasteiger partial charge is 0.391 e. The molecule has 2 aliphatic heterocycles. The summed E-state index contributed by atoms with van der Waals surface area (Å²) in [5.74, 6) is 2.31. The molecule has 1 aromatic carbocycles. The monoisotopic (exact) mass is 389 g/mol. The Kier molecular flexibility index (Phi) is 5.06. The molecule has 2 amide bonds. The molecule has 1 saturated heterocycles. The third kappa shape index (κ3) is 3.66. The number of hydrogen-bond donors (Lipinski definition) is 2. The predicted molar refractivity (Wildman–Crippen MR) is 101 cm³/mol. The van der Waals surface area contributed by atoms with Crippen LogP contribution in [0.5, 0.6) is 0 Å². The summed E-state index contributed by atoms with van der Waals surface area (Å²) in [4.78, 5) is 14.5. The Morgan fingerprint density at radius 1 is 1.30 bits per heavy atom. The second kappa shape index (κ2) is 7.48. The van der Waals surface area contributed by atoms with Gasteiger partial charge in [-0.2, -0.15) is 0 Å². The lowest BCUT2D eigenvalue weighted by molar-refractivity contribution is 0.122. The topological polar surface area (TPSA) is 83.3 Å². The van der Waals surface area contributed by atoms with E-state index in [0.717, 1.165) is 36.6 Å². The molecule has 1 fully saturated rings. The van der Waals surface area contributed by atoms with E-state index >= 15 is 0 Å². The van der Waals surface area contributed by atoms with Gasteiger partial charge in [0.25, 0.3) is 0 Å². The Morgan fingerprint density at radius 2 is 2.07 bits per heavy atom. The van der Waals surface area contributed by atoms with Crippen molar-refractivity contribution >= 4 is 17.6 Å². The number of nitrogens with zero attached hydrogens (tertiary/aromatic N) is 4. The Bertz CT molecular complexity index is 822. The minimum Gasteiger partial charge on any atom is -0.391 e. The van der Waals surface area contributed by atoms with E-state index < -0.39 is 6.10 Å². The number of benzene rings is 1. The maximum absolute atomic E-state index is 12.8. The molecule has 7 nitrogen and oxygen atoms in total. The van der Waals surface area contributed by atoms with E-state index in [-0.39, 0.29) is 12.1 Å². The molecule has 8 heteroatoms.